The number of aromatic hydroxyl groups is 1. The minimum absolute atomic E-state index is 0.245. The highest BCUT2D eigenvalue weighted by atomic mass is 16.5. The van der Waals surface area contributed by atoms with E-state index >= 15 is 0 Å². The van der Waals surface area contributed by atoms with Gasteiger partial charge >= 0.3 is 0 Å². The highest BCUT2D eigenvalue weighted by Crippen LogP contribution is 2.21. The predicted octanol–water partition coefficient (Wildman–Crippen LogP) is 2.73. The van der Waals surface area contributed by atoms with E-state index in [9.17, 15) is 5.11 Å². The summed E-state index contributed by atoms with van der Waals surface area (Å²) in [5, 5.41) is 13.0. The first-order valence-electron chi connectivity index (χ1n) is 6.08. The summed E-state index contributed by atoms with van der Waals surface area (Å²) in [6, 6.07) is 13.0. The number of ether oxygens (including phenoxy) is 1. The van der Waals surface area contributed by atoms with Crippen molar-refractivity contribution in [3.8, 4) is 5.75 Å². The third-order valence-electron chi connectivity index (χ3n) is 2.82. The van der Waals surface area contributed by atoms with Gasteiger partial charge in [-0.3, -0.25) is 0 Å². The lowest BCUT2D eigenvalue weighted by Crippen LogP contribution is -2.01. The van der Waals surface area contributed by atoms with Gasteiger partial charge in [0.05, 0.1) is 6.61 Å². The Hall–Kier alpha value is -2.20. The van der Waals surface area contributed by atoms with Crippen LogP contribution in [-0.2, 0) is 17.9 Å². The Morgan fingerprint density at radius 1 is 1.21 bits per heavy atom. The summed E-state index contributed by atoms with van der Waals surface area (Å²) >= 11 is 0. The van der Waals surface area contributed by atoms with E-state index in [2.05, 4.69) is 5.32 Å². The zero-order valence-electron chi connectivity index (χ0n) is 10.9. The van der Waals surface area contributed by atoms with Crippen LogP contribution in [0.5, 0.6) is 5.75 Å². The number of benzene rings is 2. The fourth-order valence-corrected chi connectivity index (χ4v) is 1.88. The van der Waals surface area contributed by atoms with Crippen LogP contribution in [0.25, 0.3) is 0 Å². The molecule has 0 saturated heterocycles. The fourth-order valence-electron chi connectivity index (χ4n) is 1.88. The van der Waals surface area contributed by atoms with Crippen molar-refractivity contribution in [2.45, 2.75) is 13.2 Å². The number of methoxy groups -OCH3 is 1. The van der Waals surface area contributed by atoms with Gasteiger partial charge in [0.2, 0.25) is 0 Å². The van der Waals surface area contributed by atoms with Crippen LogP contribution in [0.3, 0.4) is 0 Å². The molecule has 2 rings (SSSR count). The smallest absolute Gasteiger partial charge is 0.120 e. The number of anilines is 2. The minimum atomic E-state index is 0.245. The van der Waals surface area contributed by atoms with E-state index < -0.39 is 0 Å². The maximum absolute atomic E-state index is 9.74. The fraction of sp³-hybridized carbons (Fsp3) is 0.200. The van der Waals surface area contributed by atoms with Crippen molar-refractivity contribution in [1.82, 2.24) is 0 Å². The Labute approximate surface area is 112 Å². The highest BCUT2D eigenvalue weighted by Gasteiger charge is 2.02. The summed E-state index contributed by atoms with van der Waals surface area (Å²) in [6.07, 6.45) is 0. The number of phenols is 1. The average molecular weight is 258 g/mol. The van der Waals surface area contributed by atoms with Crippen LogP contribution in [0.2, 0.25) is 0 Å². The molecule has 0 aliphatic rings. The summed E-state index contributed by atoms with van der Waals surface area (Å²) in [4.78, 5) is 0. The van der Waals surface area contributed by atoms with E-state index in [4.69, 9.17) is 10.5 Å². The molecule has 19 heavy (non-hydrogen) atoms. The lowest BCUT2D eigenvalue weighted by Gasteiger charge is -2.10. The van der Waals surface area contributed by atoms with Gasteiger partial charge in [-0.15, -0.1) is 0 Å². The molecule has 2 aromatic carbocycles. The van der Waals surface area contributed by atoms with Gasteiger partial charge < -0.3 is 20.9 Å². The van der Waals surface area contributed by atoms with Crippen LogP contribution in [-0.4, -0.2) is 12.2 Å². The van der Waals surface area contributed by atoms with Gasteiger partial charge in [-0.1, -0.05) is 12.1 Å². The van der Waals surface area contributed by atoms with Gasteiger partial charge in [0.1, 0.15) is 5.75 Å². The lowest BCUT2D eigenvalue weighted by atomic mass is 10.1. The van der Waals surface area contributed by atoms with Gasteiger partial charge in [-0.05, 0) is 35.9 Å². The zero-order valence-corrected chi connectivity index (χ0v) is 10.9. The van der Waals surface area contributed by atoms with E-state index in [1.54, 1.807) is 25.3 Å². The minimum Gasteiger partial charge on any atom is -0.508 e. The van der Waals surface area contributed by atoms with Crippen LogP contribution in [0, 0.1) is 0 Å². The summed E-state index contributed by atoms with van der Waals surface area (Å²) in [5.41, 5.74) is 9.21. The first kappa shape index (κ1) is 13.2. The molecule has 0 unspecified atom stereocenters. The molecule has 0 amide bonds. The second-order valence-corrected chi connectivity index (χ2v) is 4.38. The molecular weight excluding hydrogens is 240 g/mol. The van der Waals surface area contributed by atoms with Gasteiger partial charge in [-0.25, -0.2) is 0 Å². The Morgan fingerprint density at radius 2 is 2.05 bits per heavy atom. The second-order valence-electron chi connectivity index (χ2n) is 4.38. The van der Waals surface area contributed by atoms with Gasteiger partial charge in [0.25, 0.3) is 0 Å². The topological polar surface area (TPSA) is 67.5 Å². The average Bonchev–Trinajstić information content (AvgIpc) is 2.41. The molecule has 0 fully saturated rings. The first-order valence-corrected chi connectivity index (χ1v) is 6.08. The Morgan fingerprint density at radius 3 is 2.84 bits per heavy atom. The van der Waals surface area contributed by atoms with Crippen molar-refractivity contribution in [1.29, 1.82) is 0 Å². The standard InChI is InChI=1S/C15H18N2O2/c1-19-10-11-3-2-4-14(7-11)17-9-12-8-13(16)5-6-15(12)18/h2-8,17-18H,9-10,16H2,1H3. The maximum atomic E-state index is 9.74. The number of nitrogen functional groups attached to an aromatic ring is 1. The maximum Gasteiger partial charge on any atom is 0.120 e. The van der Waals surface area contributed by atoms with E-state index in [0.29, 0.717) is 18.8 Å². The number of nitrogens with one attached hydrogen (secondary N) is 1. The van der Waals surface area contributed by atoms with E-state index in [0.717, 1.165) is 16.8 Å². The molecule has 2 aromatic rings. The molecule has 0 aromatic heterocycles. The predicted molar refractivity (Wildman–Crippen MR) is 77.0 cm³/mol. The summed E-state index contributed by atoms with van der Waals surface area (Å²) in [6.45, 7) is 1.10. The quantitative estimate of drug-likeness (QED) is 0.570. The van der Waals surface area contributed by atoms with Gasteiger partial charge in [0.15, 0.2) is 0 Å². The SMILES string of the molecule is COCc1cccc(NCc2cc(N)ccc2O)c1. The Kier molecular flexibility index (Phi) is 4.26. The van der Waals surface area contributed by atoms with Gasteiger partial charge in [-0.2, -0.15) is 0 Å². The molecule has 4 nitrogen and oxygen atoms in total. The lowest BCUT2D eigenvalue weighted by molar-refractivity contribution is 0.185. The van der Waals surface area contributed by atoms with Crippen molar-refractivity contribution in [2.24, 2.45) is 0 Å². The monoisotopic (exact) mass is 258 g/mol. The Balaban J connectivity index is 2.05. The van der Waals surface area contributed by atoms with Crippen molar-refractivity contribution in [2.75, 3.05) is 18.2 Å². The van der Waals surface area contributed by atoms with E-state index in [-0.39, 0.29) is 5.75 Å². The molecule has 4 N–H and O–H groups in total. The Bertz CT molecular complexity index is 556. The van der Waals surface area contributed by atoms with Crippen LogP contribution >= 0.6 is 0 Å². The van der Waals surface area contributed by atoms with Crippen molar-refractivity contribution in [3.63, 3.8) is 0 Å². The van der Waals surface area contributed by atoms with Crippen molar-refractivity contribution in [3.05, 3.63) is 53.6 Å². The first-order chi connectivity index (χ1) is 9.19. The normalized spacial score (nSPS) is 10.4. The summed E-state index contributed by atoms with van der Waals surface area (Å²) in [5.74, 6) is 0.245. The van der Waals surface area contributed by atoms with Crippen molar-refractivity contribution >= 4 is 11.4 Å². The summed E-state index contributed by atoms with van der Waals surface area (Å²) in [7, 11) is 1.67. The van der Waals surface area contributed by atoms with E-state index in [1.807, 2.05) is 24.3 Å². The molecule has 4 heteroatoms. The third kappa shape index (κ3) is 3.63. The van der Waals surface area contributed by atoms with Gasteiger partial charge in [0, 0.05) is 30.6 Å². The largest absolute Gasteiger partial charge is 0.508 e. The number of nitrogens with two attached hydrogens (primary N) is 1. The number of rotatable bonds is 5. The molecule has 0 aliphatic heterocycles. The molecular formula is C15H18N2O2. The second kappa shape index (κ2) is 6.11. The highest BCUT2D eigenvalue weighted by molar-refractivity contribution is 5.51. The van der Waals surface area contributed by atoms with Crippen molar-refractivity contribution < 1.29 is 9.84 Å². The molecule has 0 bridgehead atoms. The number of hydrogen-bond donors (Lipinski definition) is 3. The van der Waals surface area contributed by atoms with Crippen LogP contribution in [0.1, 0.15) is 11.1 Å². The molecule has 0 spiro atoms. The molecule has 0 radical (unpaired) electrons. The van der Waals surface area contributed by atoms with Crippen LogP contribution in [0.4, 0.5) is 11.4 Å². The molecule has 100 valence electrons. The molecule has 0 aliphatic carbocycles. The third-order valence-corrected chi connectivity index (χ3v) is 2.82. The number of hydrogen-bond acceptors (Lipinski definition) is 4. The zero-order chi connectivity index (χ0) is 13.7. The van der Waals surface area contributed by atoms with E-state index in [1.165, 1.54) is 0 Å². The van der Waals surface area contributed by atoms with Crippen LogP contribution in [0.15, 0.2) is 42.5 Å². The molecule has 0 atom stereocenters. The molecule has 0 saturated carbocycles. The van der Waals surface area contributed by atoms with Crippen LogP contribution < -0.4 is 11.1 Å². The molecule has 0 heterocycles. The number of phenolic OH excluding ortho intramolecular Hbond substituents is 1. The summed E-state index contributed by atoms with van der Waals surface area (Å²) < 4.78 is 5.10.